The Morgan fingerprint density at radius 3 is 2.89 bits per heavy atom. The van der Waals surface area contributed by atoms with Crippen LogP contribution in [-0.2, 0) is 6.54 Å². The Labute approximate surface area is 123 Å². The zero-order valence-corrected chi connectivity index (χ0v) is 12.1. The molecule has 6 heteroatoms. The van der Waals surface area contributed by atoms with Crippen molar-refractivity contribution < 1.29 is 4.79 Å². The zero-order valence-electron chi connectivity index (χ0n) is 9.23. The first-order valence-corrected chi connectivity index (χ1v) is 6.62. The van der Waals surface area contributed by atoms with Crippen LogP contribution in [0.3, 0.4) is 0 Å². The first-order valence-electron chi connectivity index (χ1n) is 5.16. The topological polar surface area (TPSA) is 54.9 Å². The second-order valence-electron chi connectivity index (χ2n) is 3.53. The predicted octanol–water partition coefficient (Wildman–Crippen LogP) is 2.66. The van der Waals surface area contributed by atoms with E-state index in [2.05, 4.69) is 38.1 Å². The van der Waals surface area contributed by atoms with E-state index in [1.165, 1.54) is 0 Å². The molecule has 2 rings (SSSR count). The van der Waals surface area contributed by atoms with Gasteiger partial charge >= 0.3 is 0 Å². The smallest absolute Gasteiger partial charge is 0.251 e. The molecule has 0 radical (unpaired) electrons. The van der Waals surface area contributed by atoms with Crippen LogP contribution in [0.1, 0.15) is 16.1 Å². The number of rotatable bonds is 3. The van der Waals surface area contributed by atoms with Crippen molar-refractivity contribution in [3.05, 3.63) is 56.4 Å². The fourth-order valence-electron chi connectivity index (χ4n) is 1.34. The van der Waals surface area contributed by atoms with Crippen LogP contribution < -0.4 is 5.32 Å². The molecule has 0 atom stereocenters. The summed E-state index contributed by atoms with van der Waals surface area (Å²) in [4.78, 5) is 11.9. The quantitative estimate of drug-likeness (QED) is 0.842. The molecule has 0 aliphatic heterocycles. The summed E-state index contributed by atoms with van der Waals surface area (Å²) in [6, 6.07) is 8.76. The number of halogens is 2. The second kappa shape index (κ2) is 6.10. The lowest BCUT2D eigenvalue weighted by Crippen LogP contribution is -2.23. The van der Waals surface area contributed by atoms with Gasteiger partial charge in [-0.3, -0.25) is 4.79 Å². The van der Waals surface area contributed by atoms with Gasteiger partial charge in [0.25, 0.3) is 5.91 Å². The maximum Gasteiger partial charge on any atom is 0.251 e. The van der Waals surface area contributed by atoms with Gasteiger partial charge in [-0.2, -0.15) is 10.2 Å². The average molecular weight is 374 g/mol. The Kier molecular flexibility index (Phi) is 4.48. The van der Waals surface area contributed by atoms with Crippen molar-refractivity contribution in [3.63, 3.8) is 0 Å². The van der Waals surface area contributed by atoms with Crippen molar-refractivity contribution in [1.29, 1.82) is 0 Å². The summed E-state index contributed by atoms with van der Waals surface area (Å²) in [7, 11) is 0. The lowest BCUT2D eigenvalue weighted by Gasteiger charge is -2.05. The monoisotopic (exact) mass is 373 g/mol. The van der Waals surface area contributed by atoms with Gasteiger partial charge < -0.3 is 5.32 Å². The summed E-state index contributed by atoms with van der Waals surface area (Å²) in [6.45, 7) is 0.344. The molecule has 92 valence electrons. The van der Waals surface area contributed by atoms with E-state index in [0.717, 1.165) is 3.57 Å². The molecule has 0 spiro atoms. The molecule has 0 fully saturated rings. The Balaban J connectivity index is 2.02. The van der Waals surface area contributed by atoms with Crippen molar-refractivity contribution in [2.45, 2.75) is 6.54 Å². The fraction of sp³-hybridized carbons (Fsp3) is 0.0833. The van der Waals surface area contributed by atoms with Gasteiger partial charge in [0.15, 0.2) is 0 Å². The highest BCUT2D eigenvalue weighted by Crippen LogP contribution is 2.19. The Bertz CT molecular complexity index is 563. The van der Waals surface area contributed by atoms with E-state index < -0.39 is 0 Å². The van der Waals surface area contributed by atoms with Gasteiger partial charge in [0.1, 0.15) is 0 Å². The van der Waals surface area contributed by atoms with Crippen molar-refractivity contribution in [1.82, 2.24) is 15.5 Å². The molecule has 1 aromatic carbocycles. The zero-order chi connectivity index (χ0) is 13.0. The lowest BCUT2D eigenvalue weighted by molar-refractivity contribution is 0.0950. The molecule has 1 aromatic heterocycles. The standard InChI is InChI=1S/C12H9ClIN3O/c13-10-6-8(3-4-11(10)14)12(18)15-7-9-2-1-5-16-17-9/h1-6H,7H2,(H,15,18). The maximum atomic E-state index is 11.9. The molecule has 2 aromatic rings. The summed E-state index contributed by atoms with van der Waals surface area (Å²) in [6.07, 6.45) is 1.59. The van der Waals surface area contributed by atoms with E-state index in [1.54, 1.807) is 36.5 Å². The highest BCUT2D eigenvalue weighted by Gasteiger charge is 2.07. The molecular weight excluding hydrogens is 365 g/mol. The van der Waals surface area contributed by atoms with E-state index >= 15 is 0 Å². The average Bonchev–Trinajstić information content (AvgIpc) is 2.40. The molecule has 4 nitrogen and oxygen atoms in total. The fourth-order valence-corrected chi connectivity index (χ4v) is 1.85. The third-order valence-electron chi connectivity index (χ3n) is 2.24. The van der Waals surface area contributed by atoms with Crippen LogP contribution in [-0.4, -0.2) is 16.1 Å². The summed E-state index contributed by atoms with van der Waals surface area (Å²) in [5, 5.41) is 11.0. The van der Waals surface area contributed by atoms with Gasteiger partial charge in [-0.15, -0.1) is 0 Å². The first kappa shape index (κ1) is 13.2. The van der Waals surface area contributed by atoms with E-state index in [1.807, 2.05) is 0 Å². The highest BCUT2D eigenvalue weighted by molar-refractivity contribution is 14.1. The third kappa shape index (κ3) is 3.39. The Morgan fingerprint density at radius 1 is 1.39 bits per heavy atom. The number of benzene rings is 1. The van der Waals surface area contributed by atoms with Gasteiger partial charge in [-0.25, -0.2) is 0 Å². The van der Waals surface area contributed by atoms with E-state index in [4.69, 9.17) is 11.6 Å². The van der Waals surface area contributed by atoms with Crippen LogP contribution in [0.2, 0.25) is 5.02 Å². The van der Waals surface area contributed by atoms with E-state index in [0.29, 0.717) is 22.8 Å². The molecule has 0 saturated heterocycles. The largest absolute Gasteiger partial charge is 0.346 e. The number of nitrogens with zero attached hydrogens (tertiary/aromatic N) is 2. The normalized spacial score (nSPS) is 10.1. The molecule has 1 N–H and O–H groups in total. The first-order chi connectivity index (χ1) is 8.66. The van der Waals surface area contributed by atoms with Crippen LogP contribution in [0.5, 0.6) is 0 Å². The molecule has 1 amide bonds. The number of carbonyl (C=O) groups is 1. The van der Waals surface area contributed by atoms with E-state index in [-0.39, 0.29) is 5.91 Å². The van der Waals surface area contributed by atoms with Gasteiger partial charge in [-0.05, 0) is 52.9 Å². The van der Waals surface area contributed by atoms with Gasteiger partial charge in [-0.1, -0.05) is 11.6 Å². The minimum absolute atomic E-state index is 0.182. The number of hydrogen-bond acceptors (Lipinski definition) is 3. The molecule has 0 unspecified atom stereocenters. The summed E-state index contributed by atoms with van der Waals surface area (Å²) < 4.78 is 0.916. The molecule has 0 aliphatic carbocycles. The molecule has 0 saturated carbocycles. The van der Waals surface area contributed by atoms with Crippen LogP contribution in [0, 0.1) is 3.57 Å². The van der Waals surface area contributed by atoms with Crippen LogP contribution >= 0.6 is 34.2 Å². The molecule has 18 heavy (non-hydrogen) atoms. The van der Waals surface area contributed by atoms with Gasteiger partial charge in [0.2, 0.25) is 0 Å². The van der Waals surface area contributed by atoms with Crippen molar-refractivity contribution in [3.8, 4) is 0 Å². The van der Waals surface area contributed by atoms with Crippen LogP contribution in [0.25, 0.3) is 0 Å². The van der Waals surface area contributed by atoms with E-state index in [9.17, 15) is 4.79 Å². The molecule has 1 heterocycles. The third-order valence-corrected chi connectivity index (χ3v) is 3.81. The number of carbonyl (C=O) groups excluding carboxylic acids is 1. The van der Waals surface area contributed by atoms with Gasteiger partial charge in [0, 0.05) is 15.3 Å². The predicted molar refractivity (Wildman–Crippen MR) is 77.4 cm³/mol. The van der Waals surface area contributed by atoms with Crippen molar-refractivity contribution >= 4 is 40.1 Å². The molecule has 0 aliphatic rings. The van der Waals surface area contributed by atoms with Gasteiger partial charge in [0.05, 0.1) is 17.3 Å². The second-order valence-corrected chi connectivity index (χ2v) is 5.10. The number of aromatic nitrogens is 2. The number of nitrogens with one attached hydrogen (secondary N) is 1. The highest BCUT2D eigenvalue weighted by atomic mass is 127. The number of amides is 1. The van der Waals surface area contributed by atoms with Crippen molar-refractivity contribution in [2.75, 3.05) is 0 Å². The minimum atomic E-state index is -0.182. The van der Waals surface area contributed by atoms with Crippen LogP contribution in [0.15, 0.2) is 36.5 Å². The summed E-state index contributed by atoms with van der Waals surface area (Å²) >= 11 is 8.08. The molecular formula is C12H9ClIN3O. The Morgan fingerprint density at radius 2 is 2.22 bits per heavy atom. The van der Waals surface area contributed by atoms with Crippen LogP contribution in [0.4, 0.5) is 0 Å². The number of hydrogen-bond donors (Lipinski definition) is 1. The van der Waals surface area contributed by atoms with Crippen molar-refractivity contribution in [2.24, 2.45) is 0 Å². The minimum Gasteiger partial charge on any atom is -0.346 e. The maximum absolute atomic E-state index is 11.9. The Hall–Kier alpha value is -1.21. The SMILES string of the molecule is O=C(NCc1cccnn1)c1ccc(I)c(Cl)c1. The summed E-state index contributed by atoms with van der Waals surface area (Å²) in [5.74, 6) is -0.182. The molecule has 0 bridgehead atoms. The lowest BCUT2D eigenvalue weighted by atomic mass is 10.2. The summed E-state index contributed by atoms with van der Waals surface area (Å²) in [5.41, 5.74) is 1.24.